The molecule has 0 saturated carbocycles. The van der Waals surface area contributed by atoms with Gasteiger partial charge in [0.05, 0.1) is 22.0 Å². The third-order valence-corrected chi connectivity index (χ3v) is 7.49. The zero-order valence-electron chi connectivity index (χ0n) is 19.4. The summed E-state index contributed by atoms with van der Waals surface area (Å²) in [7, 11) is 0. The lowest BCUT2D eigenvalue weighted by Gasteiger charge is -2.28. The van der Waals surface area contributed by atoms with Crippen molar-refractivity contribution >= 4 is 50.6 Å². The minimum absolute atomic E-state index is 0.0930. The van der Waals surface area contributed by atoms with E-state index in [0.29, 0.717) is 16.8 Å². The zero-order chi connectivity index (χ0) is 23.8. The minimum Gasteiger partial charge on any atom is -0.455 e. The Kier molecular flexibility index (Phi) is 4.07. The number of hydrogen-bond acceptors (Lipinski definition) is 5. The molecule has 5 aromatic rings. The Morgan fingerprint density at radius 1 is 0.706 bits per heavy atom. The highest BCUT2D eigenvalue weighted by Gasteiger charge is 2.60. The Balaban J connectivity index is 1.65. The molecule has 1 aliphatic heterocycles. The maximum atomic E-state index is 13.4. The van der Waals surface area contributed by atoms with Gasteiger partial charge in [-0.05, 0) is 45.9 Å². The Hall–Kier alpha value is -4.06. The summed E-state index contributed by atoms with van der Waals surface area (Å²) in [5.41, 5.74) is 1.80. The van der Waals surface area contributed by atoms with Crippen LogP contribution in [0.2, 0.25) is 0 Å². The molecule has 1 fully saturated rings. The third kappa shape index (κ3) is 2.56. The molecule has 168 valence electrons. The first-order valence-electron chi connectivity index (χ1n) is 11.3. The van der Waals surface area contributed by atoms with Crippen LogP contribution >= 0.6 is 0 Å². The average Bonchev–Trinajstić information content (AvgIpc) is 3.26. The lowest BCUT2D eigenvalue weighted by Crippen LogP contribution is -2.35. The molecule has 0 bridgehead atoms. The van der Waals surface area contributed by atoms with Crippen molar-refractivity contribution in [1.82, 2.24) is 9.97 Å². The summed E-state index contributed by atoms with van der Waals surface area (Å²) in [6.45, 7) is 7.18. The van der Waals surface area contributed by atoms with Gasteiger partial charge in [0.2, 0.25) is 17.8 Å². The molecule has 6 rings (SSSR count). The van der Waals surface area contributed by atoms with Gasteiger partial charge >= 0.3 is 0 Å². The smallest absolute Gasteiger partial charge is 0.242 e. The van der Waals surface area contributed by atoms with Gasteiger partial charge in [0.25, 0.3) is 0 Å². The van der Waals surface area contributed by atoms with Crippen LogP contribution in [-0.4, -0.2) is 21.8 Å². The van der Waals surface area contributed by atoms with Gasteiger partial charge in [0.15, 0.2) is 0 Å². The first-order chi connectivity index (χ1) is 16.2. The van der Waals surface area contributed by atoms with Crippen molar-refractivity contribution in [2.75, 3.05) is 4.90 Å². The van der Waals surface area contributed by atoms with Gasteiger partial charge in [-0.1, -0.05) is 48.5 Å². The van der Waals surface area contributed by atoms with E-state index in [0.717, 1.165) is 32.2 Å². The van der Waals surface area contributed by atoms with Crippen molar-refractivity contribution in [3.05, 3.63) is 66.7 Å². The number of para-hydroxylation sites is 3. The van der Waals surface area contributed by atoms with Crippen LogP contribution in [-0.2, 0) is 9.59 Å². The third-order valence-electron chi connectivity index (χ3n) is 7.49. The fourth-order valence-corrected chi connectivity index (χ4v) is 4.67. The van der Waals surface area contributed by atoms with Crippen molar-refractivity contribution in [3.8, 4) is 11.3 Å². The number of fused-ring (bicyclic) bond motifs is 4. The van der Waals surface area contributed by atoms with Crippen molar-refractivity contribution in [2.45, 2.75) is 27.7 Å². The fraction of sp³-hybridized carbons (Fsp3) is 0.214. The van der Waals surface area contributed by atoms with Gasteiger partial charge in [-0.25, -0.2) is 14.9 Å². The number of rotatable bonds is 2. The molecular formula is C28H23N3O3. The van der Waals surface area contributed by atoms with E-state index in [9.17, 15) is 9.59 Å². The van der Waals surface area contributed by atoms with Gasteiger partial charge in [-0.3, -0.25) is 9.59 Å². The molecule has 3 heterocycles. The molecule has 1 aliphatic rings. The van der Waals surface area contributed by atoms with Crippen LogP contribution in [0.15, 0.2) is 71.1 Å². The maximum Gasteiger partial charge on any atom is 0.242 e. The number of anilines is 1. The number of carbonyl (C=O) groups is 2. The first kappa shape index (κ1) is 20.5. The molecule has 34 heavy (non-hydrogen) atoms. The summed E-state index contributed by atoms with van der Waals surface area (Å²) in [6, 6.07) is 21.4. The Labute approximate surface area is 196 Å². The highest BCUT2D eigenvalue weighted by Crippen LogP contribution is 2.48. The van der Waals surface area contributed by atoms with Crippen molar-refractivity contribution in [2.24, 2.45) is 10.8 Å². The highest BCUT2D eigenvalue weighted by molar-refractivity contribution is 6.24. The largest absolute Gasteiger partial charge is 0.455 e. The monoisotopic (exact) mass is 449 g/mol. The molecule has 1 saturated heterocycles. The molecule has 6 nitrogen and oxygen atoms in total. The minimum atomic E-state index is -0.877. The standard InChI is InChI=1S/C28H23N3O3/c1-27(2)24(32)31(25(33)28(27,3)4)26-29-20-14-7-5-11-18(20)22(30-26)19-13-9-12-17-16-10-6-8-15-21(16)34-23(17)19/h5-15H,1-4H3. The summed E-state index contributed by atoms with van der Waals surface area (Å²) in [6.07, 6.45) is 0. The highest BCUT2D eigenvalue weighted by atomic mass is 16.3. The second-order valence-electron chi connectivity index (χ2n) is 9.87. The molecule has 2 aromatic heterocycles. The average molecular weight is 450 g/mol. The zero-order valence-corrected chi connectivity index (χ0v) is 19.4. The van der Waals surface area contributed by atoms with Crippen LogP contribution in [0.5, 0.6) is 0 Å². The van der Waals surface area contributed by atoms with Crippen LogP contribution in [0.4, 0.5) is 5.95 Å². The molecule has 2 amide bonds. The SMILES string of the molecule is CC1(C)C(=O)N(c2nc(-c3cccc4c3oc3ccccc34)c3ccccc3n2)C(=O)C1(C)C. The predicted molar refractivity (Wildman–Crippen MR) is 132 cm³/mol. The normalized spacial score (nSPS) is 17.4. The van der Waals surface area contributed by atoms with Crippen LogP contribution in [0, 0.1) is 10.8 Å². The molecule has 0 unspecified atom stereocenters. The van der Waals surface area contributed by atoms with Gasteiger partial charge < -0.3 is 4.42 Å². The summed E-state index contributed by atoms with van der Waals surface area (Å²) in [5.74, 6) is -0.508. The maximum absolute atomic E-state index is 13.4. The van der Waals surface area contributed by atoms with Gasteiger partial charge in [0.1, 0.15) is 11.2 Å². The lowest BCUT2D eigenvalue weighted by molar-refractivity contribution is -0.129. The van der Waals surface area contributed by atoms with E-state index in [1.807, 2.05) is 66.7 Å². The van der Waals surface area contributed by atoms with Crippen molar-refractivity contribution in [3.63, 3.8) is 0 Å². The van der Waals surface area contributed by atoms with Gasteiger partial charge in [-0.15, -0.1) is 0 Å². The molecule has 0 aliphatic carbocycles. The molecule has 6 heteroatoms. The van der Waals surface area contributed by atoms with E-state index in [-0.39, 0.29) is 17.8 Å². The molecule has 3 aromatic carbocycles. The van der Waals surface area contributed by atoms with Gasteiger partial charge in [0, 0.05) is 21.7 Å². The Morgan fingerprint density at radius 3 is 2.06 bits per heavy atom. The number of hydrogen-bond donors (Lipinski definition) is 0. The summed E-state index contributed by atoms with van der Waals surface area (Å²) >= 11 is 0. The Morgan fingerprint density at radius 2 is 1.32 bits per heavy atom. The van der Waals surface area contributed by atoms with Crippen LogP contribution in [0.3, 0.4) is 0 Å². The summed E-state index contributed by atoms with van der Waals surface area (Å²) in [5, 5.41) is 2.82. The van der Waals surface area contributed by atoms with Crippen LogP contribution in [0.1, 0.15) is 27.7 Å². The number of aromatic nitrogens is 2. The summed E-state index contributed by atoms with van der Waals surface area (Å²) < 4.78 is 6.25. The van der Waals surface area contributed by atoms with E-state index in [1.165, 1.54) is 0 Å². The van der Waals surface area contributed by atoms with Crippen LogP contribution in [0.25, 0.3) is 44.1 Å². The number of furan rings is 1. The number of imide groups is 1. The number of carbonyl (C=O) groups excluding carboxylic acids is 2. The fourth-order valence-electron chi connectivity index (χ4n) is 4.67. The second kappa shape index (κ2) is 6.73. The first-order valence-corrected chi connectivity index (χ1v) is 11.3. The number of amides is 2. The second-order valence-corrected chi connectivity index (χ2v) is 9.87. The molecule has 0 atom stereocenters. The Bertz CT molecular complexity index is 1640. The van der Waals surface area contributed by atoms with E-state index in [1.54, 1.807) is 27.7 Å². The van der Waals surface area contributed by atoms with E-state index < -0.39 is 10.8 Å². The number of nitrogens with zero attached hydrogens (tertiary/aromatic N) is 3. The van der Waals surface area contributed by atoms with Crippen molar-refractivity contribution in [1.29, 1.82) is 0 Å². The molecule has 0 N–H and O–H groups in total. The number of benzene rings is 3. The van der Waals surface area contributed by atoms with Crippen molar-refractivity contribution < 1.29 is 14.0 Å². The topological polar surface area (TPSA) is 76.3 Å². The molecule has 0 radical (unpaired) electrons. The van der Waals surface area contributed by atoms with Gasteiger partial charge in [-0.2, -0.15) is 0 Å². The van der Waals surface area contributed by atoms with E-state index >= 15 is 0 Å². The quantitative estimate of drug-likeness (QED) is 0.303. The van der Waals surface area contributed by atoms with E-state index in [4.69, 9.17) is 9.40 Å². The lowest BCUT2D eigenvalue weighted by atomic mass is 9.70. The predicted octanol–water partition coefficient (Wildman–Crippen LogP) is 6.12. The molecule has 0 spiro atoms. The van der Waals surface area contributed by atoms with Crippen LogP contribution < -0.4 is 4.90 Å². The van der Waals surface area contributed by atoms with E-state index in [2.05, 4.69) is 4.98 Å². The molecular weight excluding hydrogens is 426 g/mol. The summed E-state index contributed by atoms with van der Waals surface area (Å²) in [4.78, 5) is 37.4.